The number of aromatic nitrogens is 3. The quantitative estimate of drug-likeness (QED) is 0.536. The summed E-state index contributed by atoms with van der Waals surface area (Å²) in [6, 6.07) is 9.98. The van der Waals surface area contributed by atoms with Gasteiger partial charge < -0.3 is 15.3 Å². The first-order chi connectivity index (χ1) is 13.2. The van der Waals surface area contributed by atoms with Gasteiger partial charge in [-0.15, -0.1) is 11.3 Å². The Kier molecular flexibility index (Phi) is 4.20. The summed E-state index contributed by atoms with van der Waals surface area (Å²) in [4.78, 5) is 4.00. The highest BCUT2D eigenvalue weighted by Gasteiger charge is 2.60. The normalized spacial score (nSPS) is 14.5. The Balaban J connectivity index is 1.82. The summed E-state index contributed by atoms with van der Waals surface area (Å²) >= 11 is 0.759. The number of aliphatic hydroxyl groups is 1. The second kappa shape index (κ2) is 6.35. The molecule has 0 saturated carbocycles. The van der Waals surface area contributed by atoms with E-state index in [4.69, 9.17) is 10.2 Å². The first-order valence-corrected chi connectivity index (χ1v) is 9.04. The van der Waals surface area contributed by atoms with Crippen molar-refractivity contribution in [3.8, 4) is 0 Å². The predicted octanol–water partition coefficient (Wildman–Crippen LogP) is 3.82. The van der Waals surface area contributed by atoms with E-state index in [2.05, 4.69) is 10.1 Å². The van der Waals surface area contributed by atoms with Crippen LogP contribution in [0.4, 0.5) is 19.0 Å². The lowest BCUT2D eigenvalue weighted by Crippen LogP contribution is -2.43. The molecule has 3 heterocycles. The highest BCUT2D eigenvalue weighted by molar-refractivity contribution is 7.18. The number of aryl methyl sites for hydroxylation is 1. The summed E-state index contributed by atoms with van der Waals surface area (Å²) in [7, 11) is 0. The van der Waals surface area contributed by atoms with Gasteiger partial charge in [0.05, 0.1) is 22.0 Å². The van der Waals surface area contributed by atoms with E-state index in [-0.39, 0.29) is 12.4 Å². The monoisotopic (exact) mass is 408 g/mol. The molecule has 10 heteroatoms. The number of para-hydroxylation sites is 1. The Hall–Kier alpha value is -2.85. The van der Waals surface area contributed by atoms with Gasteiger partial charge >= 0.3 is 6.18 Å². The molecule has 1 atom stereocenters. The number of benzene rings is 1. The van der Waals surface area contributed by atoms with E-state index in [1.165, 1.54) is 0 Å². The van der Waals surface area contributed by atoms with Crippen LogP contribution in [-0.4, -0.2) is 26.0 Å². The van der Waals surface area contributed by atoms with Crippen LogP contribution in [0.15, 0.2) is 47.0 Å². The lowest BCUT2D eigenvalue weighted by atomic mass is 9.96. The molecular formula is C18H15F3N4O2S. The minimum Gasteiger partial charge on any atom is -0.464 e. The maximum absolute atomic E-state index is 14.0. The number of anilines is 1. The predicted molar refractivity (Wildman–Crippen MR) is 97.9 cm³/mol. The number of fused-ring (bicyclic) bond motifs is 1. The van der Waals surface area contributed by atoms with Crippen LogP contribution in [0.2, 0.25) is 0 Å². The number of nitrogens with zero attached hydrogens (tertiary/aromatic N) is 3. The van der Waals surface area contributed by atoms with Crippen LogP contribution >= 0.6 is 11.3 Å². The molecule has 3 N–H and O–H groups in total. The lowest BCUT2D eigenvalue weighted by molar-refractivity contribution is -0.248. The Morgan fingerprint density at radius 3 is 2.61 bits per heavy atom. The molecule has 6 nitrogen and oxygen atoms in total. The van der Waals surface area contributed by atoms with Crippen LogP contribution in [-0.2, 0) is 12.1 Å². The van der Waals surface area contributed by atoms with Crippen LogP contribution in [0.5, 0.6) is 0 Å². The van der Waals surface area contributed by atoms with Gasteiger partial charge in [-0.2, -0.15) is 18.3 Å². The molecule has 0 aliphatic heterocycles. The number of nitrogens with two attached hydrogens (primary N) is 1. The van der Waals surface area contributed by atoms with Crippen molar-refractivity contribution in [2.75, 3.05) is 5.73 Å². The van der Waals surface area contributed by atoms with Crippen molar-refractivity contribution in [3.63, 3.8) is 0 Å². The summed E-state index contributed by atoms with van der Waals surface area (Å²) in [5, 5.41) is 14.2. The molecule has 0 bridgehead atoms. The number of nitrogen functional groups attached to an aromatic ring is 1. The molecule has 0 radical (unpaired) electrons. The number of alkyl halides is 3. The van der Waals surface area contributed by atoms with Gasteiger partial charge in [-0.05, 0) is 31.2 Å². The third-order valence-corrected chi connectivity index (χ3v) is 5.53. The van der Waals surface area contributed by atoms with Crippen molar-refractivity contribution in [2.45, 2.75) is 25.2 Å². The molecular weight excluding hydrogens is 393 g/mol. The molecule has 0 saturated heterocycles. The molecule has 0 aliphatic carbocycles. The van der Waals surface area contributed by atoms with E-state index >= 15 is 0 Å². The second-order valence-corrected chi connectivity index (χ2v) is 7.34. The van der Waals surface area contributed by atoms with Crippen LogP contribution < -0.4 is 5.73 Å². The molecule has 4 rings (SSSR count). The Morgan fingerprint density at radius 2 is 1.96 bits per heavy atom. The third-order valence-electron chi connectivity index (χ3n) is 4.39. The van der Waals surface area contributed by atoms with E-state index < -0.39 is 22.3 Å². The van der Waals surface area contributed by atoms with Gasteiger partial charge in [-0.25, -0.2) is 9.67 Å². The van der Waals surface area contributed by atoms with Crippen LogP contribution in [0.25, 0.3) is 10.2 Å². The fourth-order valence-electron chi connectivity index (χ4n) is 2.93. The average Bonchev–Trinajstić information content (AvgIpc) is 3.33. The topological polar surface area (TPSA) is 90.1 Å². The Bertz CT molecular complexity index is 1110. The van der Waals surface area contributed by atoms with Crippen LogP contribution in [0.1, 0.15) is 22.1 Å². The van der Waals surface area contributed by atoms with Crippen molar-refractivity contribution < 1.29 is 22.7 Å². The summed E-state index contributed by atoms with van der Waals surface area (Å²) in [6.45, 7) is 1.78. The molecule has 1 aromatic carbocycles. The third kappa shape index (κ3) is 2.85. The second-order valence-electron chi connectivity index (χ2n) is 6.31. The fraction of sp³-hybridized carbons (Fsp3) is 0.222. The van der Waals surface area contributed by atoms with Gasteiger partial charge in [0, 0.05) is 0 Å². The van der Waals surface area contributed by atoms with E-state index in [0.717, 1.165) is 22.2 Å². The minimum absolute atomic E-state index is 0.0352. The SMILES string of the molecule is Cc1ccc(Cn2ncc([C@](O)(c3nc4ccccc4s3)C(F)(F)F)c2N)o1. The first kappa shape index (κ1) is 18.5. The molecule has 3 aromatic heterocycles. The van der Waals surface area contributed by atoms with E-state index in [1.54, 1.807) is 43.3 Å². The summed E-state index contributed by atoms with van der Waals surface area (Å²) in [6.07, 6.45) is -4.13. The van der Waals surface area contributed by atoms with E-state index in [9.17, 15) is 18.3 Å². The molecule has 0 fully saturated rings. The van der Waals surface area contributed by atoms with Gasteiger partial charge in [0.2, 0.25) is 5.60 Å². The minimum atomic E-state index is -5.05. The number of furan rings is 1. The number of rotatable bonds is 4. The molecule has 0 unspecified atom stereocenters. The fourth-order valence-corrected chi connectivity index (χ4v) is 4.02. The summed E-state index contributed by atoms with van der Waals surface area (Å²) < 4.78 is 49.2. The zero-order valence-corrected chi connectivity index (χ0v) is 15.4. The lowest BCUT2D eigenvalue weighted by Gasteiger charge is -2.28. The number of halogens is 3. The van der Waals surface area contributed by atoms with Gasteiger partial charge in [-0.1, -0.05) is 12.1 Å². The van der Waals surface area contributed by atoms with E-state index in [1.807, 2.05) is 0 Å². The molecule has 0 amide bonds. The van der Waals surface area contributed by atoms with Crippen molar-refractivity contribution in [3.05, 3.63) is 64.7 Å². The Morgan fingerprint density at radius 1 is 1.21 bits per heavy atom. The van der Waals surface area contributed by atoms with Crippen molar-refractivity contribution in [2.24, 2.45) is 0 Å². The zero-order valence-electron chi connectivity index (χ0n) is 14.6. The highest BCUT2D eigenvalue weighted by atomic mass is 32.1. The smallest absolute Gasteiger partial charge is 0.428 e. The summed E-state index contributed by atoms with van der Waals surface area (Å²) in [5.41, 5.74) is 2.37. The zero-order chi connectivity index (χ0) is 20.1. The maximum atomic E-state index is 14.0. The number of hydrogen-bond acceptors (Lipinski definition) is 6. The summed E-state index contributed by atoms with van der Waals surface area (Å²) in [5.74, 6) is 0.824. The molecule has 146 valence electrons. The number of thiazole rings is 1. The molecule has 4 aromatic rings. The molecule has 28 heavy (non-hydrogen) atoms. The molecule has 0 spiro atoms. The van der Waals surface area contributed by atoms with Gasteiger partial charge in [0.1, 0.15) is 28.9 Å². The van der Waals surface area contributed by atoms with Gasteiger partial charge in [-0.3, -0.25) is 0 Å². The van der Waals surface area contributed by atoms with Crippen molar-refractivity contribution >= 4 is 27.4 Å². The largest absolute Gasteiger partial charge is 0.464 e. The average molecular weight is 408 g/mol. The van der Waals surface area contributed by atoms with E-state index in [0.29, 0.717) is 21.7 Å². The van der Waals surface area contributed by atoms with Crippen LogP contribution in [0, 0.1) is 6.92 Å². The standard InChI is InChI=1S/C18H15F3N4O2S/c1-10-6-7-11(27-10)9-25-15(22)12(8-23-25)17(26,18(19,20)21)16-24-13-4-2-3-5-14(13)28-16/h2-8,26H,9,22H2,1H3/t17-/m0/s1. The van der Waals surface area contributed by atoms with Crippen molar-refractivity contribution in [1.82, 2.24) is 14.8 Å². The Labute approximate surface area is 161 Å². The van der Waals surface area contributed by atoms with Gasteiger partial charge in [0.25, 0.3) is 0 Å². The van der Waals surface area contributed by atoms with Crippen molar-refractivity contribution in [1.29, 1.82) is 0 Å². The first-order valence-electron chi connectivity index (χ1n) is 8.22. The number of hydrogen-bond donors (Lipinski definition) is 2. The molecule has 0 aliphatic rings. The highest BCUT2D eigenvalue weighted by Crippen LogP contribution is 2.48. The maximum Gasteiger partial charge on any atom is 0.428 e. The van der Waals surface area contributed by atoms with Gasteiger partial charge in [0.15, 0.2) is 0 Å². The van der Waals surface area contributed by atoms with Crippen LogP contribution in [0.3, 0.4) is 0 Å².